The average molecular weight is 330 g/mol. The van der Waals surface area contributed by atoms with Crippen molar-refractivity contribution in [2.45, 2.75) is 51.5 Å². The number of amides is 2. The lowest BCUT2D eigenvalue weighted by Gasteiger charge is -2.29. The summed E-state index contributed by atoms with van der Waals surface area (Å²) in [7, 11) is 0. The van der Waals surface area contributed by atoms with Crippen LogP contribution in [-0.2, 0) is 9.59 Å². The largest absolute Gasteiger partial charge is 0.484 e. The summed E-state index contributed by atoms with van der Waals surface area (Å²) in [5, 5.41) is 3.08. The zero-order valence-corrected chi connectivity index (χ0v) is 14.3. The number of nitrogens with one attached hydrogen (secondary N) is 1. The molecule has 1 saturated carbocycles. The van der Waals surface area contributed by atoms with Crippen LogP contribution in [-0.4, -0.2) is 31.0 Å². The van der Waals surface area contributed by atoms with Crippen LogP contribution >= 0.6 is 0 Å². The maximum absolute atomic E-state index is 12.1. The van der Waals surface area contributed by atoms with Gasteiger partial charge in [0, 0.05) is 24.7 Å². The summed E-state index contributed by atoms with van der Waals surface area (Å²) in [6.45, 7) is 3.01. The van der Waals surface area contributed by atoms with Gasteiger partial charge in [-0.25, -0.2) is 0 Å². The minimum absolute atomic E-state index is 0.0329. The van der Waals surface area contributed by atoms with Crippen LogP contribution in [0, 0.1) is 5.92 Å². The highest BCUT2D eigenvalue weighted by Gasteiger charge is 2.23. The van der Waals surface area contributed by atoms with Crippen LogP contribution in [0.25, 0.3) is 0 Å². The van der Waals surface area contributed by atoms with Gasteiger partial charge in [0.2, 0.25) is 5.91 Å². The molecular formula is C19H26N2O3. The predicted molar refractivity (Wildman–Crippen MR) is 93.1 cm³/mol. The smallest absolute Gasteiger partial charge is 0.258 e. The van der Waals surface area contributed by atoms with Crippen LogP contribution in [0.1, 0.15) is 45.4 Å². The highest BCUT2D eigenvalue weighted by Crippen LogP contribution is 2.25. The summed E-state index contributed by atoms with van der Waals surface area (Å²) in [6, 6.07) is 7.66. The molecule has 0 spiro atoms. The third-order valence-electron chi connectivity index (χ3n) is 5.05. The minimum Gasteiger partial charge on any atom is -0.484 e. The zero-order valence-electron chi connectivity index (χ0n) is 14.3. The lowest BCUT2D eigenvalue weighted by Crippen LogP contribution is -2.43. The summed E-state index contributed by atoms with van der Waals surface area (Å²) < 4.78 is 5.57. The van der Waals surface area contributed by atoms with Gasteiger partial charge in [-0.05, 0) is 49.4 Å². The van der Waals surface area contributed by atoms with Gasteiger partial charge < -0.3 is 15.0 Å². The minimum atomic E-state index is -0.0625. The lowest BCUT2D eigenvalue weighted by atomic mass is 9.86. The molecule has 2 amide bonds. The van der Waals surface area contributed by atoms with Crippen LogP contribution in [0.15, 0.2) is 24.3 Å². The number of hydrogen-bond donors (Lipinski definition) is 1. The zero-order chi connectivity index (χ0) is 16.9. The molecule has 0 bridgehead atoms. The van der Waals surface area contributed by atoms with Gasteiger partial charge in [0.15, 0.2) is 6.61 Å². The quantitative estimate of drug-likeness (QED) is 0.903. The lowest BCUT2D eigenvalue weighted by molar-refractivity contribution is -0.124. The van der Waals surface area contributed by atoms with E-state index in [1.807, 2.05) is 24.3 Å². The monoisotopic (exact) mass is 330 g/mol. The summed E-state index contributed by atoms with van der Waals surface area (Å²) in [6.07, 6.45) is 6.23. The molecule has 2 aliphatic rings. The predicted octanol–water partition coefficient (Wildman–Crippen LogP) is 2.89. The van der Waals surface area contributed by atoms with Gasteiger partial charge in [-0.15, -0.1) is 0 Å². The Hall–Kier alpha value is -2.04. The number of anilines is 1. The van der Waals surface area contributed by atoms with Gasteiger partial charge in [-0.2, -0.15) is 0 Å². The summed E-state index contributed by atoms with van der Waals surface area (Å²) in [5.41, 5.74) is 0.894. The normalized spacial score (nSPS) is 24.0. The Labute approximate surface area is 143 Å². The second-order valence-corrected chi connectivity index (χ2v) is 6.87. The third kappa shape index (κ3) is 4.08. The number of carbonyl (C=O) groups excluding carboxylic acids is 2. The molecule has 2 fully saturated rings. The van der Waals surface area contributed by atoms with E-state index in [1.165, 1.54) is 19.3 Å². The first-order chi connectivity index (χ1) is 11.6. The highest BCUT2D eigenvalue weighted by atomic mass is 16.5. The molecule has 1 aliphatic heterocycles. The summed E-state index contributed by atoms with van der Waals surface area (Å²) in [4.78, 5) is 25.6. The molecule has 1 aliphatic carbocycles. The Morgan fingerprint density at radius 1 is 1.21 bits per heavy atom. The molecule has 0 unspecified atom stereocenters. The first-order valence-corrected chi connectivity index (χ1v) is 8.96. The van der Waals surface area contributed by atoms with Gasteiger partial charge in [0.1, 0.15) is 5.75 Å². The van der Waals surface area contributed by atoms with Crippen LogP contribution in [0.3, 0.4) is 0 Å². The first-order valence-electron chi connectivity index (χ1n) is 8.96. The molecule has 0 aromatic heterocycles. The second kappa shape index (κ2) is 7.69. The highest BCUT2D eigenvalue weighted by molar-refractivity contribution is 5.95. The van der Waals surface area contributed by atoms with Gasteiger partial charge in [0.25, 0.3) is 5.91 Å². The van der Waals surface area contributed by atoms with E-state index in [0.29, 0.717) is 18.1 Å². The van der Waals surface area contributed by atoms with Crippen LogP contribution in [0.4, 0.5) is 5.69 Å². The number of carbonyl (C=O) groups is 2. The molecule has 1 saturated heterocycles. The molecule has 24 heavy (non-hydrogen) atoms. The van der Waals surface area contributed by atoms with E-state index in [1.54, 1.807) is 4.90 Å². The van der Waals surface area contributed by atoms with Crippen molar-refractivity contribution in [3.63, 3.8) is 0 Å². The van der Waals surface area contributed by atoms with Crippen LogP contribution in [0.5, 0.6) is 5.75 Å². The molecule has 5 heteroatoms. The Morgan fingerprint density at radius 2 is 1.96 bits per heavy atom. The molecule has 1 N–H and O–H groups in total. The van der Waals surface area contributed by atoms with Crippen molar-refractivity contribution in [2.75, 3.05) is 18.1 Å². The average Bonchev–Trinajstić information content (AvgIpc) is 3.02. The fraction of sp³-hybridized carbons (Fsp3) is 0.579. The van der Waals surface area contributed by atoms with Crippen molar-refractivity contribution in [1.29, 1.82) is 0 Å². The first kappa shape index (κ1) is 16.8. The Balaban J connectivity index is 1.47. The Morgan fingerprint density at radius 3 is 2.62 bits per heavy atom. The molecule has 1 aromatic carbocycles. The van der Waals surface area contributed by atoms with E-state index in [4.69, 9.17) is 4.74 Å². The van der Waals surface area contributed by atoms with Crippen molar-refractivity contribution in [1.82, 2.24) is 5.32 Å². The van der Waals surface area contributed by atoms with E-state index < -0.39 is 0 Å². The van der Waals surface area contributed by atoms with Crippen molar-refractivity contribution in [3.05, 3.63) is 24.3 Å². The molecule has 1 heterocycles. The van der Waals surface area contributed by atoms with Gasteiger partial charge in [-0.1, -0.05) is 19.8 Å². The van der Waals surface area contributed by atoms with E-state index in [2.05, 4.69) is 12.2 Å². The number of nitrogens with zero attached hydrogens (tertiary/aromatic N) is 1. The molecular weight excluding hydrogens is 304 g/mol. The van der Waals surface area contributed by atoms with Crippen molar-refractivity contribution >= 4 is 17.5 Å². The Kier molecular flexibility index (Phi) is 5.38. The van der Waals surface area contributed by atoms with E-state index in [-0.39, 0.29) is 24.5 Å². The fourth-order valence-electron chi connectivity index (χ4n) is 3.57. The van der Waals surface area contributed by atoms with E-state index in [9.17, 15) is 9.59 Å². The molecule has 2 atom stereocenters. The second-order valence-electron chi connectivity index (χ2n) is 6.87. The summed E-state index contributed by atoms with van der Waals surface area (Å²) >= 11 is 0. The third-order valence-corrected chi connectivity index (χ3v) is 5.05. The van der Waals surface area contributed by atoms with Gasteiger partial charge in [0.05, 0.1) is 0 Å². The molecule has 0 radical (unpaired) electrons. The Bertz CT molecular complexity index is 585. The molecule has 1 aromatic rings. The summed E-state index contributed by atoms with van der Waals surface area (Å²) in [5.74, 6) is 1.30. The van der Waals surface area contributed by atoms with Gasteiger partial charge >= 0.3 is 0 Å². The van der Waals surface area contributed by atoms with Crippen LogP contribution < -0.4 is 15.0 Å². The maximum atomic E-state index is 12.1. The van der Waals surface area contributed by atoms with Gasteiger partial charge in [-0.3, -0.25) is 9.59 Å². The molecule has 130 valence electrons. The van der Waals surface area contributed by atoms with E-state index >= 15 is 0 Å². The number of hydrogen-bond acceptors (Lipinski definition) is 3. The van der Waals surface area contributed by atoms with Crippen molar-refractivity contribution in [2.24, 2.45) is 5.92 Å². The SMILES string of the molecule is C[C@H]1CCCC[C@H]1NC(=O)COc1ccc(N2CCCC2=O)cc1. The fourth-order valence-corrected chi connectivity index (χ4v) is 3.57. The molecule has 3 rings (SSSR count). The number of rotatable bonds is 5. The topological polar surface area (TPSA) is 58.6 Å². The van der Waals surface area contributed by atoms with Crippen molar-refractivity contribution < 1.29 is 14.3 Å². The standard InChI is InChI=1S/C19H26N2O3/c1-14-5-2-3-6-17(14)20-18(22)13-24-16-10-8-15(9-11-16)21-12-4-7-19(21)23/h8-11,14,17H,2-7,12-13H2,1H3,(H,20,22)/t14-,17+/m0/s1. The van der Waals surface area contributed by atoms with Crippen molar-refractivity contribution in [3.8, 4) is 5.75 Å². The molecule has 5 nitrogen and oxygen atoms in total. The number of ether oxygens (including phenoxy) is 1. The van der Waals surface area contributed by atoms with Crippen LogP contribution in [0.2, 0.25) is 0 Å². The number of benzene rings is 1. The maximum Gasteiger partial charge on any atom is 0.258 e. The van der Waals surface area contributed by atoms with E-state index in [0.717, 1.165) is 25.1 Å².